The van der Waals surface area contributed by atoms with Crippen molar-refractivity contribution in [3.05, 3.63) is 76.4 Å². The molecule has 3 atom stereocenters. The topological polar surface area (TPSA) is 52.2 Å². The molecule has 1 aliphatic carbocycles. The first-order chi connectivity index (χ1) is 12.8. The molecule has 1 aliphatic heterocycles. The normalized spacial score (nSPS) is 23.5. The van der Waals surface area contributed by atoms with Crippen LogP contribution in [0.25, 0.3) is 0 Å². The van der Waals surface area contributed by atoms with E-state index in [4.69, 9.17) is 0 Å². The molecule has 27 heavy (non-hydrogen) atoms. The second kappa shape index (κ2) is 6.15. The summed E-state index contributed by atoms with van der Waals surface area (Å²) in [5, 5.41) is 14.7. The molecule has 0 spiro atoms. The highest BCUT2D eigenvalue weighted by Gasteiger charge is 2.39. The van der Waals surface area contributed by atoms with E-state index in [1.165, 1.54) is 12.1 Å². The molecule has 0 aromatic heterocycles. The number of nitrogens with one attached hydrogen (secondary N) is 1. The summed E-state index contributed by atoms with van der Waals surface area (Å²) >= 11 is 0. The zero-order valence-corrected chi connectivity index (χ0v) is 14.5. The Balaban J connectivity index is 1.82. The fraction of sp³-hybridized carbons (Fsp3) is 0.286. The number of hydrogen-bond acceptors (Lipinski definition) is 3. The van der Waals surface area contributed by atoms with Crippen molar-refractivity contribution in [3.8, 4) is 0 Å². The highest BCUT2D eigenvalue weighted by Crippen LogP contribution is 2.51. The summed E-state index contributed by atoms with van der Waals surface area (Å²) in [5.74, 6) is -1.15. The van der Waals surface area contributed by atoms with E-state index >= 15 is 0 Å². The Morgan fingerprint density at radius 2 is 2.00 bits per heavy atom. The Hall–Kier alpha value is -2.76. The molecule has 0 saturated heterocycles. The summed E-state index contributed by atoms with van der Waals surface area (Å²) in [6.45, 7) is 1.69. The number of carboxylic acid groups (broad SMARTS) is 1. The summed E-state index contributed by atoms with van der Waals surface area (Å²) in [4.78, 5) is 11.4. The minimum Gasteiger partial charge on any atom is -0.545 e. The van der Waals surface area contributed by atoms with Crippen LogP contribution in [0, 0.1) is 12.8 Å². The van der Waals surface area contributed by atoms with Crippen LogP contribution in [0.15, 0.2) is 48.6 Å². The number of aromatic carboxylic acids is 1. The fourth-order valence-electron chi connectivity index (χ4n) is 4.27. The molecule has 2 aromatic carbocycles. The van der Waals surface area contributed by atoms with Crippen LogP contribution in [0.5, 0.6) is 0 Å². The number of benzene rings is 2. The number of rotatable bonds is 2. The van der Waals surface area contributed by atoms with E-state index in [2.05, 4.69) is 11.4 Å². The highest BCUT2D eigenvalue weighted by molar-refractivity contribution is 5.90. The molecule has 3 nitrogen and oxygen atoms in total. The third kappa shape index (κ3) is 2.89. The van der Waals surface area contributed by atoms with Gasteiger partial charge in [-0.25, -0.2) is 0 Å². The van der Waals surface area contributed by atoms with Gasteiger partial charge in [-0.2, -0.15) is 13.2 Å². The van der Waals surface area contributed by atoms with Crippen LogP contribution < -0.4 is 10.4 Å². The van der Waals surface area contributed by atoms with Crippen molar-refractivity contribution in [3.63, 3.8) is 0 Å². The molecule has 1 heterocycles. The molecule has 2 aromatic rings. The molecule has 0 unspecified atom stereocenters. The number of anilines is 1. The lowest BCUT2D eigenvalue weighted by atomic mass is 9.75. The van der Waals surface area contributed by atoms with Crippen LogP contribution in [0.2, 0.25) is 0 Å². The minimum atomic E-state index is -4.41. The van der Waals surface area contributed by atoms with Gasteiger partial charge in [0.25, 0.3) is 0 Å². The number of halogens is 3. The SMILES string of the molecule is Cc1c(C(=O)[O-])ccc2c1N[C@H](c1cccc(C(F)(F)F)c1)[C@H]1CC=C[C@H]21. The molecule has 140 valence electrons. The monoisotopic (exact) mass is 372 g/mol. The predicted molar refractivity (Wildman–Crippen MR) is 93.3 cm³/mol. The van der Waals surface area contributed by atoms with Crippen molar-refractivity contribution >= 4 is 11.7 Å². The number of alkyl halides is 3. The van der Waals surface area contributed by atoms with Gasteiger partial charge in [0, 0.05) is 17.2 Å². The van der Waals surface area contributed by atoms with Crippen LogP contribution in [-0.4, -0.2) is 5.97 Å². The van der Waals surface area contributed by atoms with E-state index in [1.54, 1.807) is 25.1 Å². The van der Waals surface area contributed by atoms with Gasteiger partial charge < -0.3 is 15.2 Å². The van der Waals surface area contributed by atoms with E-state index < -0.39 is 17.7 Å². The lowest BCUT2D eigenvalue weighted by Crippen LogP contribution is -2.31. The van der Waals surface area contributed by atoms with E-state index in [0.29, 0.717) is 16.8 Å². The van der Waals surface area contributed by atoms with E-state index in [0.717, 1.165) is 18.1 Å². The van der Waals surface area contributed by atoms with Crippen molar-refractivity contribution in [2.45, 2.75) is 31.5 Å². The number of carbonyl (C=O) groups excluding carboxylic acids is 1. The van der Waals surface area contributed by atoms with Gasteiger partial charge in [0.15, 0.2) is 0 Å². The van der Waals surface area contributed by atoms with Crippen molar-refractivity contribution in [2.24, 2.45) is 5.92 Å². The molecular formula is C21H17F3NO2-. The first-order valence-electron chi connectivity index (χ1n) is 8.72. The zero-order chi connectivity index (χ0) is 19.3. The van der Waals surface area contributed by atoms with Crippen molar-refractivity contribution < 1.29 is 23.1 Å². The molecule has 0 bridgehead atoms. The lowest BCUT2D eigenvalue weighted by molar-refractivity contribution is -0.255. The molecule has 2 aliphatic rings. The van der Waals surface area contributed by atoms with E-state index in [-0.39, 0.29) is 23.4 Å². The van der Waals surface area contributed by atoms with Gasteiger partial charge in [0.1, 0.15) is 0 Å². The number of carboxylic acids is 1. The van der Waals surface area contributed by atoms with Gasteiger partial charge >= 0.3 is 6.18 Å². The van der Waals surface area contributed by atoms with Crippen LogP contribution in [0.4, 0.5) is 18.9 Å². The predicted octanol–water partition coefficient (Wildman–Crippen LogP) is 4.20. The molecule has 0 amide bonds. The molecule has 0 radical (unpaired) electrons. The number of carbonyl (C=O) groups is 1. The summed E-state index contributed by atoms with van der Waals surface area (Å²) in [6.07, 6.45) is 0.436. The molecule has 0 saturated carbocycles. The Morgan fingerprint density at radius 1 is 1.22 bits per heavy atom. The van der Waals surface area contributed by atoms with Gasteiger partial charge in [-0.3, -0.25) is 0 Å². The summed E-state index contributed by atoms with van der Waals surface area (Å²) in [7, 11) is 0. The average Bonchev–Trinajstić information content (AvgIpc) is 3.10. The van der Waals surface area contributed by atoms with Gasteiger partial charge in [-0.05, 0) is 48.1 Å². The number of hydrogen-bond donors (Lipinski definition) is 1. The molecule has 0 fully saturated rings. The van der Waals surface area contributed by atoms with E-state index in [1.807, 2.05) is 6.08 Å². The third-order valence-electron chi connectivity index (χ3n) is 5.59. The van der Waals surface area contributed by atoms with Crippen LogP contribution in [-0.2, 0) is 6.18 Å². The quantitative estimate of drug-likeness (QED) is 0.804. The first-order valence-corrected chi connectivity index (χ1v) is 8.72. The fourth-order valence-corrected chi connectivity index (χ4v) is 4.27. The third-order valence-corrected chi connectivity index (χ3v) is 5.59. The number of fused-ring (bicyclic) bond motifs is 3. The zero-order valence-electron chi connectivity index (χ0n) is 14.5. The van der Waals surface area contributed by atoms with Crippen molar-refractivity contribution in [1.82, 2.24) is 0 Å². The largest absolute Gasteiger partial charge is 0.545 e. The van der Waals surface area contributed by atoms with Gasteiger partial charge in [-0.15, -0.1) is 0 Å². The summed E-state index contributed by atoms with van der Waals surface area (Å²) in [6, 6.07) is 8.31. The van der Waals surface area contributed by atoms with Crippen molar-refractivity contribution in [1.29, 1.82) is 0 Å². The molecule has 4 rings (SSSR count). The molecule has 1 N–H and O–H groups in total. The van der Waals surface area contributed by atoms with Gasteiger partial charge in [-0.1, -0.05) is 36.4 Å². The Kier molecular flexibility index (Phi) is 4.02. The van der Waals surface area contributed by atoms with Gasteiger partial charge in [0.05, 0.1) is 17.6 Å². The Bertz CT molecular complexity index is 949. The van der Waals surface area contributed by atoms with Crippen LogP contribution >= 0.6 is 0 Å². The van der Waals surface area contributed by atoms with E-state index in [9.17, 15) is 23.1 Å². The summed E-state index contributed by atoms with van der Waals surface area (Å²) in [5.41, 5.74) is 2.14. The first kappa shape index (κ1) is 17.6. The molecule has 6 heteroatoms. The van der Waals surface area contributed by atoms with Crippen LogP contribution in [0.3, 0.4) is 0 Å². The summed E-state index contributed by atoms with van der Waals surface area (Å²) < 4.78 is 39.4. The number of allylic oxidation sites excluding steroid dienone is 2. The maximum atomic E-state index is 13.1. The lowest BCUT2D eigenvalue weighted by Gasteiger charge is -2.39. The Morgan fingerprint density at radius 3 is 2.70 bits per heavy atom. The second-order valence-corrected chi connectivity index (χ2v) is 7.09. The van der Waals surface area contributed by atoms with Gasteiger partial charge in [0.2, 0.25) is 0 Å². The smallest absolute Gasteiger partial charge is 0.416 e. The highest BCUT2D eigenvalue weighted by atomic mass is 19.4. The maximum Gasteiger partial charge on any atom is 0.416 e. The van der Waals surface area contributed by atoms with Crippen LogP contribution in [0.1, 0.15) is 51.0 Å². The molecular weight excluding hydrogens is 355 g/mol. The average molecular weight is 372 g/mol. The van der Waals surface area contributed by atoms with Crippen molar-refractivity contribution in [2.75, 3.05) is 5.32 Å². The minimum absolute atomic E-state index is 0.0373. The Labute approximate surface area is 154 Å². The standard InChI is InChI=1S/C21H18F3NO2/c1-11-14(20(26)27)8-9-17-15-6-3-7-16(15)19(25-18(11)17)12-4-2-5-13(10-12)21(22,23)24/h2-6,8-10,15-16,19,25H,7H2,1H3,(H,26,27)/p-1/t15-,16-,19+/m0/s1. The second-order valence-electron chi connectivity index (χ2n) is 7.09. The maximum absolute atomic E-state index is 13.1.